The summed E-state index contributed by atoms with van der Waals surface area (Å²) in [5.41, 5.74) is 2.26. The fourth-order valence-corrected chi connectivity index (χ4v) is 2.91. The van der Waals surface area contributed by atoms with E-state index in [1.807, 2.05) is 65.0 Å². The van der Waals surface area contributed by atoms with Crippen molar-refractivity contribution in [1.82, 2.24) is 0 Å². The third-order valence-electron chi connectivity index (χ3n) is 5.38. The summed E-state index contributed by atoms with van der Waals surface area (Å²) in [6.45, 7) is 10.1. The minimum Gasteiger partial charge on any atom is -0.497 e. The Morgan fingerprint density at radius 3 is 2.33 bits per heavy atom. The maximum atomic E-state index is 12.7. The number of aryl methyl sites for hydroxylation is 1. The summed E-state index contributed by atoms with van der Waals surface area (Å²) in [5, 5.41) is 2.90. The van der Waals surface area contributed by atoms with Crippen LogP contribution in [0, 0.1) is 6.92 Å². The average molecular weight is 369 g/mol. The quantitative estimate of drug-likeness (QED) is 0.836. The molecule has 1 fully saturated rings. The number of benzene rings is 2. The number of hydrogen-bond acceptors (Lipinski definition) is 4. The summed E-state index contributed by atoms with van der Waals surface area (Å²) >= 11 is 0. The average Bonchev–Trinajstić information content (AvgIpc) is 2.82. The maximum Gasteiger partial charge on any atom is 0.255 e. The predicted molar refractivity (Wildman–Crippen MR) is 105 cm³/mol. The van der Waals surface area contributed by atoms with E-state index in [2.05, 4.69) is 5.32 Å². The third kappa shape index (κ3) is 3.84. The van der Waals surface area contributed by atoms with Gasteiger partial charge in [0.25, 0.3) is 5.91 Å². The largest absolute Gasteiger partial charge is 0.497 e. The van der Waals surface area contributed by atoms with E-state index in [-0.39, 0.29) is 5.91 Å². The standard InChI is InChI=1S/C22H27NO4/c1-14-10-11-15(19(24)23-16-8-7-9-17(13-16)25-6)12-18(14)20-26-21(2,3)22(4,5)27-20/h7-13,20H,1-6H3,(H,23,24). The van der Waals surface area contributed by atoms with Gasteiger partial charge in [-0.05, 0) is 64.4 Å². The van der Waals surface area contributed by atoms with Gasteiger partial charge >= 0.3 is 0 Å². The summed E-state index contributed by atoms with van der Waals surface area (Å²) in [7, 11) is 1.60. The minimum atomic E-state index is -0.500. The van der Waals surface area contributed by atoms with E-state index >= 15 is 0 Å². The molecule has 1 aliphatic heterocycles. The molecule has 144 valence electrons. The fraction of sp³-hybridized carbons (Fsp3) is 0.409. The zero-order valence-electron chi connectivity index (χ0n) is 16.8. The van der Waals surface area contributed by atoms with E-state index in [1.54, 1.807) is 19.2 Å². The topological polar surface area (TPSA) is 56.8 Å². The first-order valence-corrected chi connectivity index (χ1v) is 9.04. The van der Waals surface area contributed by atoms with Crippen LogP contribution in [-0.4, -0.2) is 24.2 Å². The zero-order valence-corrected chi connectivity index (χ0v) is 16.8. The number of hydrogen-bond donors (Lipinski definition) is 1. The van der Waals surface area contributed by atoms with Crippen molar-refractivity contribution in [2.24, 2.45) is 0 Å². The Bertz CT molecular complexity index is 841. The van der Waals surface area contributed by atoms with Gasteiger partial charge < -0.3 is 19.5 Å². The van der Waals surface area contributed by atoms with Crippen LogP contribution >= 0.6 is 0 Å². The molecule has 1 amide bonds. The van der Waals surface area contributed by atoms with Gasteiger partial charge in [-0.15, -0.1) is 0 Å². The number of anilines is 1. The van der Waals surface area contributed by atoms with Crippen molar-refractivity contribution in [3.05, 3.63) is 59.2 Å². The Kier molecular flexibility index (Phi) is 5.02. The molecular formula is C22H27NO4. The highest BCUT2D eigenvalue weighted by Gasteiger charge is 2.49. The Balaban J connectivity index is 1.84. The number of carbonyl (C=O) groups excluding carboxylic acids is 1. The van der Waals surface area contributed by atoms with E-state index in [1.165, 1.54) is 0 Å². The first kappa shape index (κ1) is 19.4. The number of rotatable bonds is 4. The molecule has 3 rings (SSSR count). The van der Waals surface area contributed by atoms with Crippen LogP contribution in [-0.2, 0) is 9.47 Å². The second-order valence-corrected chi connectivity index (χ2v) is 7.85. The molecule has 1 N–H and O–H groups in total. The summed E-state index contributed by atoms with van der Waals surface area (Å²) in [4.78, 5) is 12.7. The zero-order chi connectivity index (χ0) is 19.8. The van der Waals surface area contributed by atoms with Crippen molar-refractivity contribution >= 4 is 11.6 Å². The summed E-state index contributed by atoms with van der Waals surface area (Å²) < 4.78 is 17.5. The summed E-state index contributed by atoms with van der Waals surface area (Å²) in [6, 6.07) is 12.8. The highest BCUT2D eigenvalue weighted by atomic mass is 16.7. The Labute approximate surface area is 160 Å². The number of amides is 1. The van der Waals surface area contributed by atoms with Gasteiger partial charge in [0.1, 0.15) is 5.75 Å². The van der Waals surface area contributed by atoms with Crippen LogP contribution in [0.15, 0.2) is 42.5 Å². The van der Waals surface area contributed by atoms with Crippen molar-refractivity contribution in [3.8, 4) is 5.75 Å². The molecule has 1 aliphatic rings. The molecule has 5 heteroatoms. The lowest BCUT2D eigenvalue weighted by molar-refractivity contribution is -0.0899. The molecule has 5 nitrogen and oxygen atoms in total. The minimum absolute atomic E-state index is 0.193. The smallest absolute Gasteiger partial charge is 0.255 e. The first-order valence-electron chi connectivity index (χ1n) is 9.04. The second-order valence-electron chi connectivity index (χ2n) is 7.85. The molecule has 0 unspecified atom stereocenters. The summed E-state index contributed by atoms with van der Waals surface area (Å²) in [5.74, 6) is 0.496. The monoisotopic (exact) mass is 369 g/mol. The van der Waals surface area contributed by atoms with Crippen LogP contribution in [0.2, 0.25) is 0 Å². The summed E-state index contributed by atoms with van der Waals surface area (Å²) in [6.07, 6.45) is -0.500. The maximum absolute atomic E-state index is 12.7. The molecule has 0 spiro atoms. The van der Waals surface area contributed by atoms with Crippen molar-refractivity contribution in [3.63, 3.8) is 0 Å². The molecule has 0 atom stereocenters. The van der Waals surface area contributed by atoms with Crippen molar-refractivity contribution in [1.29, 1.82) is 0 Å². The predicted octanol–water partition coefficient (Wildman–Crippen LogP) is 4.86. The molecule has 0 radical (unpaired) electrons. The van der Waals surface area contributed by atoms with Gasteiger partial charge in [0.05, 0.1) is 18.3 Å². The molecule has 0 aliphatic carbocycles. The van der Waals surface area contributed by atoms with Crippen LogP contribution in [0.4, 0.5) is 5.69 Å². The van der Waals surface area contributed by atoms with E-state index < -0.39 is 17.5 Å². The Morgan fingerprint density at radius 2 is 1.70 bits per heavy atom. The van der Waals surface area contributed by atoms with Crippen molar-refractivity contribution in [2.75, 3.05) is 12.4 Å². The van der Waals surface area contributed by atoms with E-state index in [0.717, 1.165) is 11.1 Å². The van der Waals surface area contributed by atoms with Gasteiger partial charge in [0.15, 0.2) is 6.29 Å². The van der Waals surface area contributed by atoms with Crippen molar-refractivity contribution < 1.29 is 19.0 Å². The van der Waals surface area contributed by atoms with Gasteiger partial charge in [0.2, 0.25) is 0 Å². The number of methoxy groups -OCH3 is 1. The lowest BCUT2D eigenvalue weighted by Crippen LogP contribution is -2.41. The van der Waals surface area contributed by atoms with Gasteiger partial charge in [-0.3, -0.25) is 4.79 Å². The lowest BCUT2D eigenvalue weighted by atomic mass is 9.90. The van der Waals surface area contributed by atoms with E-state index in [4.69, 9.17) is 14.2 Å². The van der Waals surface area contributed by atoms with Gasteiger partial charge in [-0.1, -0.05) is 12.1 Å². The van der Waals surface area contributed by atoms with Gasteiger partial charge in [0, 0.05) is 22.9 Å². The fourth-order valence-electron chi connectivity index (χ4n) is 2.91. The molecule has 1 heterocycles. The SMILES string of the molecule is COc1cccc(NC(=O)c2ccc(C)c(C3OC(C)(C)C(C)(C)O3)c2)c1. The highest BCUT2D eigenvalue weighted by molar-refractivity contribution is 6.04. The Morgan fingerprint density at radius 1 is 1.04 bits per heavy atom. The van der Waals surface area contributed by atoms with E-state index in [9.17, 15) is 4.79 Å². The van der Waals surface area contributed by atoms with Crippen LogP contribution in [0.1, 0.15) is 55.5 Å². The molecule has 0 aromatic heterocycles. The van der Waals surface area contributed by atoms with Gasteiger partial charge in [-0.2, -0.15) is 0 Å². The first-order chi connectivity index (χ1) is 12.6. The van der Waals surface area contributed by atoms with Crippen LogP contribution in [0.25, 0.3) is 0 Å². The second kappa shape index (κ2) is 6.98. The number of carbonyl (C=O) groups is 1. The normalized spacial score (nSPS) is 18.3. The number of ether oxygens (including phenoxy) is 3. The third-order valence-corrected chi connectivity index (χ3v) is 5.38. The molecule has 27 heavy (non-hydrogen) atoms. The molecule has 0 bridgehead atoms. The Hall–Kier alpha value is -2.37. The van der Waals surface area contributed by atoms with Crippen LogP contribution in [0.3, 0.4) is 0 Å². The molecule has 2 aromatic carbocycles. The lowest BCUT2D eigenvalue weighted by Gasteiger charge is -2.30. The molecular weight excluding hydrogens is 342 g/mol. The molecule has 0 saturated carbocycles. The van der Waals surface area contributed by atoms with E-state index in [0.29, 0.717) is 17.0 Å². The van der Waals surface area contributed by atoms with Crippen molar-refractivity contribution in [2.45, 2.75) is 52.1 Å². The highest BCUT2D eigenvalue weighted by Crippen LogP contribution is 2.45. The molecule has 2 aromatic rings. The molecule has 1 saturated heterocycles. The van der Waals surface area contributed by atoms with Crippen LogP contribution in [0.5, 0.6) is 5.75 Å². The van der Waals surface area contributed by atoms with Crippen LogP contribution < -0.4 is 10.1 Å². The van der Waals surface area contributed by atoms with Gasteiger partial charge in [-0.25, -0.2) is 0 Å². The number of nitrogens with one attached hydrogen (secondary N) is 1.